The number of pyridine rings is 1. The summed E-state index contributed by atoms with van der Waals surface area (Å²) in [7, 11) is 1.79. The van der Waals surface area contributed by atoms with Crippen molar-refractivity contribution in [3.8, 4) is 0 Å². The van der Waals surface area contributed by atoms with E-state index in [9.17, 15) is 4.79 Å². The van der Waals surface area contributed by atoms with E-state index in [0.717, 1.165) is 10.9 Å². The van der Waals surface area contributed by atoms with Crippen molar-refractivity contribution in [2.24, 2.45) is 0 Å². The Hall–Kier alpha value is -2.10. The molecule has 1 aromatic carbocycles. The minimum atomic E-state index is -0.263. The molecule has 0 fully saturated rings. The van der Waals surface area contributed by atoms with Gasteiger partial charge in [0.05, 0.1) is 11.1 Å². The average Bonchev–Trinajstić information content (AvgIpc) is 2.35. The van der Waals surface area contributed by atoms with Crippen LogP contribution in [0.1, 0.15) is 31.1 Å². The van der Waals surface area contributed by atoms with Crippen LogP contribution in [0.15, 0.2) is 30.3 Å². The van der Waals surface area contributed by atoms with Gasteiger partial charge in [0.15, 0.2) is 0 Å². The summed E-state index contributed by atoms with van der Waals surface area (Å²) in [5.74, 6) is 0.611. The Morgan fingerprint density at radius 1 is 1.21 bits per heavy atom. The van der Waals surface area contributed by atoms with Crippen LogP contribution < -0.4 is 10.6 Å². The van der Waals surface area contributed by atoms with Crippen LogP contribution in [0.25, 0.3) is 10.9 Å². The van der Waals surface area contributed by atoms with Crippen molar-refractivity contribution >= 4 is 22.6 Å². The van der Waals surface area contributed by atoms with E-state index in [1.807, 2.05) is 45.0 Å². The smallest absolute Gasteiger partial charge is 0.252 e. The topological polar surface area (TPSA) is 54.0 Å². The summed E-state index contributed by atoms with van der Waals surface area (Å²) in [5, 5.41) is 6.83. The quantitative estimate of drug-likeness (QED) is 0.869. The van der Waals surface area contributed by atoms with Crippen molar-refractivity contribution in [2.75, 3.05) is 12.4 Å². The summed E-state index contributed by atoms with van der Waals surface area (Å²) >= 11 is 0. The Kier molecular flexibility index (Phi) is 3.42. The molecule has 0 saturated heterocycles. The van der Waals surface area contributed by atoms with E-state index < -0.39 is 0 Å². The van der Waals surface area contributed by atoms with Gasteiger partial charge in [-0.15, -0.1) is 0 Å². The Morgan fingerprint density at radius 3 is 2.53 bits per heavy atom. The molecule has 1 aromatic heterocycles. The summed E-state index contributed by atoms with van der Waals surface area (Å²) in [6.45, 7) is 5.90. The number of nitrogens with zero attached hydrogens (tertiary/aromatic N) is 1. The van der Waals surface area contributed by atoms with Gasteiger partial charge >= 0.3 is 0 Å². The maximum absolute atomic E-state index is 12.4. The minimum absolute atomic E-state index is 0.0809. The van der Waals surface area contributed by atoms with E-state index in [0.29, 0.717) is 11.4 Å². The van der Waals surface area contributed by atoms with Crippen molar-refractivity contribution in [1.29, 1.82) is 0 Å². The number of hydrogen-bond acceptors (Lipinski definition) is 3. The Bertz CT molecular complexity index is 614. The summed E-state index contributed by atoms with van der Waals surface area (Å²) in [6.07, 6.45) is 0. The van der Waals surface area contributed by atoms with Gasteiger partial charge in [0, 0.05) is 18.0 Å². The predicted octanol–water partition coefficient (Wildman–Crippen LogP) is 2.80. The molecule has 4 nitrogen and oxygen atoms in total. The number of fused-ring (bicyclic) bond motifs is 1. The Morgan fingerprint density at radius 2 is 1.89 bits per heavy atom. The molecular weight excluding hydrogens is 238 g/mol. The fourth-order valence-corrected chi connectivity index (χ4v) is 1.90. The highest BCUT2D eigenvalue weighted by molar-refractivity contribution is 6.07. The second kappa shape index (κ2) is 4.88. The minimum Gasteiger partial charge on any atom is -0.373 e. The average molecular weight is 257 g/mol. The fraction of sp³-hybridized carbons (Fsp3) is 0.333. The largest absolute Gasteiger partial charge is 0.373 e. The second-order valence-corrected chi connectivity index (χ2v) is 5.53. The van der Waals surface area contributed by atoms with Gasteiger partial charge in [-0.1, -0.05) is 18.2 Å². The van der Waals surface area contributed by atoms with Crippen molar-refractivity contribution in [3.05, 3.63) is 35.9 Å². The molecule has 0 aliphatic rings. The molecule has 19 heavy (non-hydrogen) atoms. The van der Waals surface area contributed by atoms with Crippen LogP contribution in [-0.4, -0.2) is 23.5 Å². The zero-order valence-corrected chi connectivity index (χ0v) is 11.7. The molecule has 1 amide bonds. The molecule has 0 aliphatic heterocycles. The molecule has 2 N–H and O–H groups in total. The number of carbonyl (C=O) groups is 1. The van der Waals surface area contributed by atoms with Gasteiger partial charge in [-0.25, -0.2) is 4.98 Å². The van der Waals surface area contributed by atoms with Gasteiger partial charge in [0.2, 0.25) is 0 Å². The number of hydrogen-bond donors (Lipinski definition) is 2. The van der Waals surface area contributed by atoms with Crippen LogP contribution in [0.4, 0.5) is 5.82 Å². The molecule has 0 bridgehead atoms. The third kappa shape index (κ3) is 3.02. The molecule has 0 unspecified atom stereocenters. The van der Waals surface area contributed by atoms with E-state index >= 15 is 0 Å². The number of carbonyl (C=O) groups excluding carboxylic acids is 1. The SMILES string of the molecule is CNc1cc(C(=O)NC(C)(C)C)c2ccccc2n1. The van der Waals surface area contributed by atoms with E-state index in [4.69, 9.17) is 0 Å². The first kappa shape index (κ1) is 13.3. The second-order valence-electron chi connectivity index (χ2n) is 5.53. The molecule has 100 valence electrons. The zero-order chi connectivity index (χ0) is 14.0. The van der Waals surface area contributed by atoms with E-state index in [1.54, 1.807) is 13.1 Å². The van der Waals surface area contributed by atoms with E-state index in [2.05, 4.69) is 15.6 Å². The molecule has 2 aromatic rings. The number of rotatable bonds is 2. The molecule has 4 heteroatoms. The van der Waals surface area contributed by atoms with Crippen LogP contribution in [-0.2, 0) is 0 Å². The molecule has 1 heterocycles. The number of para-hydroxylation sites is 1. The molecule has 0 radical (unpaired) electrons. The van der Waals surface area contributed by atoms with Gasteiger partial charge in [-0.2, -0.15) is 0 Å². The lowest BCUT2D eigenvalue weighted by molar-refractivity contribution is 0.0921. The first-order valence-corrected chi connectivity index (χ1v) is 6.31. The first-order valence-electron chi connectivity index (χ1n) is 6.31. The zero-order valence-electron chi connectivity index (χ0n) is 11.7. The van der Waals surface area contributed by atoms with Gasteiger partial charge in [-0.05, 0) is 32.9 Å². The number of aromatic nitrogens is 1. The van der Waals surface area contributed by atoms with Crippen LogP contribution in [0.3, 0.4) is 0 Å². The highest BCUT2D eigenvalue weighted by Crippen LogP contribution is 2.21. The lowest BCUT2D eigenvalue weighted by Gasteiger charge is -2.21. The lowest BCUT2D eigenvalue weighted by Crippen LogP contribution is -2.40. The van der Waals surface area contributed by atoms with Gasteiger partial charge in [0.1, 0.15) is 5.82 Å². The lowest BCUT2D eigenvalue weighted by atomic mass is 10.0. The number of benzene rings is 1. The Labute approximate surface area is 113 Å². The van der Waals surface area contributed by atoms with Crippen molar-refractivity contribution in [2.45, 2.75) is 26.3 Å². The van der Waals surface area contributed by atoms with Gasteiger partial charge < -0.3 is 10.6 Å². The first-order chi connectivity index (χ1) is 8.90. The third-order valence-electron chi connectivity index (χ3n) is 2.71. The van der Waals surface area contributed by atoms with Gasteiger partial charge in [-0.3, -0.25) is 4.79 Å². The van der Waals surface area contributed by atoms with Crippen molar-refractivity contribution in [1.82, 2.24) is 10.3 Å². The maximum Gasteiger partial charge on any atom is 0.252 e. The highest BCUT2D eigenvalue weighted by Gasteiger charge is 2.18. The predicted molar refractivity (Wildman–Crippen MR) is 78.5 cm³/mol. The third-order valence-corrected chi connectivity index (χ3v) is 2.71. The van der Waals surface area contributed by atoms with E-state index in [-0.39, 0.29) is 11.4 Å². The molecule has 0 spiro atoms. The van der Waals surface area contributed by atoms with Crippen molar-refractivity contribution < 1.29 is 4.79 Å². The van der Waals surface area contributed by atoms with Crippen LogP contribution >= 0.6 is 0 Å². The standard InChI is InChI=1S/C15H19N3O/c1-15(2,3)18-14(19)11-9-13(16-4)17-12-8-6-5-7-10(11)12/h5-9H,1-4H3,(H,16,17)(H,18,19). The van der Waals surface area contributed by atoms with Crippen LogP contribution in [0, 0.1) is 0 Å². The molecule has 0 saturated carbocycles. The molecule has 0 aliphatic carbocycles. The summed E-state index contributed by atoms with van der Waals surface area (Å²) < 4.78 is 0. The number of anilines is 1. The monoisotopic (exact) mass is 257 g/mol. The number of amides is 1. The van der Waals surface area contributed by atoms with E-state index in [1.165, 1.54) is 0 Å². The summed E-state index contributed by atoms with van der Waals surface area (Å²) in [4.78, 5) is 16.8. The Balaban J connectivity index is 2.54. The molecular formula is C15H19N3O. The molecule has 0 atom stereocenters. The van der Waals surface area contributed by atoms with Crippen molar-refractivity contribution in [3.63, 3.8) is 0 Å². The molecule has 2 rings (SSSR count). The summed E-state index contributed by atoms with van der Waals surface area (Å²) in [6, 6.07) is 9.43. The maximum atomic E-state index is 12.4. The normalized spacial score (nSPS) is 11.4. The number of nitrogens with one attached hydrogen (secondary N) is 2. The van der Waals surface area contributed by atoms with Gasteiger partial charge in [0.25, 0.3) is 5.91 Å². The summed E-state index contributed by atoms with van der Waals surface area (Å²) in [5.41, 5.74) is 1.19. The van der Waals surface area contributed by atoms with Crippen LogP contribution in [0.2, 0.25) is 0 Å². The van der Waals surface area contributed by atoms with Crippen LogP contribution in [0.5, 0.6) is 0 Å². The fourth-order valence-electron chi connectivity index (χ4n) is 1.90. The highest BCUT2D eigenvalue weighted by atomic mass is 16.1.